The van der Waals surface area contributed by atoms with Gasteiger partial charge in [0.05, 0.1) is 18.9 Å². The summed E-state index contributed by atoms with van der Waals surface area (Å²) in [6, 6.07) is 1.94. The number of nitriles is 1. The van der Waals surface area contributed by atoms with E-state index < -0.39 is 22.5 Å². The Morgan fingerprint density at radius 3 is 2.29 bits per heavy atom. The molecule has 0 aliphatic heterocycles. The molecule has 0 rings (SSSR count). The Morgan fingerprint density at radius 1 is 1.29 bits per heavy atom. The lowest BCUT2D eigenvalue weighted by atomic mass is 10.2. The molecule has 0 aromatic heterocycles. The summed E-state index contributed by atoms with van der Waals surface area (Å²) in [5.74, 6) is -0.985. The molecular formula is C10H16N2O4S. The minimum Gasteiger partial charge on any atom is -0.298 e. The van der Waals surface area contributed by atoms with E-state index in [9.17, 15) is 18.0 Å². The van der Waals surface area contributed by atoms with Crippen LogP contribution in [0.3, 0.4) is 0 Å². The second-order valence-electron chi connectivity index (χ2n) is 3.73. The summed E-state index contributed by atoms with van der Waals surface area (Å²) < 4.78 is 23.2. The summed E-state index contributed by atoms with van der Waals surface area (Å²) in [5.41, 5.74) is 0. The monoisotopic (exact) mass is 260 g/mol. The van der Waals surface area contributed by atoms with Crippen LogP contribution >= 0.6 is 0 Å². The molecule has 0 atom stereocenters. The number of sulfonamides is 1. The van der Waals surface area contributed by atoms with Gasteiger partial charge in [0.25, 0.3) is 0 Å². The van der Waals surface area contributed by atoms with E-state index in [4.69, 9.17) is 5.26 Å². The molecule has 7 heteroatoms. The number of amides is 1. The molecule has 0 unspecified atom stereocenters. The van der Waals surface area contributed by atoms with Gasteiger partial charge in [0, 0.05) is 12.8 Å². The number of rotatable bonds is 7. The molecule has 0 radical (unpaired) electrons. The quantitative estimate of drug-likeness (QED) is 0.619. The fourth-order valence-electron chi connectivity index (χ4n) is 1.20. The molecule has 0 fully saturated rings. The molecule has 0 spiro atoms. The number of carbonyl (C=O) groups excluding carboxylic acids is 2. The maximum atomic E-state index is 11.6. The van der Waals surface area contributed by atoms with Crippen molar-refractivity contribution in [3.05, 3.63) is 0 Å². The first-order chi connectivity index (χ1) is 7.79. The van der Waals surface area contributed by atoms with E-state index in [0.29, 0.717) is 23.6 Å². The first-order valence-corrected chi connectivity index (χ1v) is 7.00. The van der Waals surface area contributed by atoms with Crippen molar-refractivity contribution in [2.24, 2.45) is 0 Å². The number of hydrogen-bond donors (Lipinski definition) is 0. The molecule has 6 nitrogen and oxygen atoms in total. The minimum absolute atomic E-state index is 0.0298. The van der Waals surface area contributed by atoms with Gasteiger partial charge in [-0.2, -0.15) is 5.26 Å². The molecule has 17 heavy (non-hydrogen) atoms. The lowest BCUT2D eigenvalue weighted by molar-refractivity contribution is -0.130. The maximum absolute atomic E-state index is 11.6. The largest absolute Gasteiger partial charge is 0.298 e. The van der Waals surface area contributed by atoms with E-state index in [0.717, 1.165) is 6.26 Å². The lowest BCUT2D eigenvalue weighted by Crippen LogP contribution is -2.39. The van der Waals surface area contributed by atoms with Crippen LogP contribution in [0.5, 0.6) is 0 Å². The second kappa shape index (κ2) is 7.01. The third-order valence-electron chi connectivity index (χ3n) is 1.97. The highest BCUT2D eigenvalue weighted by Gasteiger charge is 2.23. The average molecular weight is 260 g/mol. The zero-order chi connectivity index (χ0) is 13.5. The number of nitrogens with zero attached hydrogens (tertiary/aromatic N) is 2. The van der Waals surface area contributed by atoms with Crippen molar-refractivity contribution in [2.75, 3.05) is 12.8 Å². The van der Waals surface area contributed by atoms with E-state index in [1.807, 2.05) is 6.07 Å². The van der Waals surface area contributed by atoms with Crippen LogP contribution in [0.25, 0.3) is 0 Å². The van der Waals surface area contributed by atoms with Gasteiger partial charge in [-0.1, -0.05) is 0 Å². The SMILES string of the molecule is CC(=O)CN(C(=O)CCCCC#N)S(C)(=O)=O. The molecule has 0 aliphatic rings. The van der Waals surface area contributed by atoms with Crippen LogP contribution < -0.4 is 0 Å². The molecule has 0 saturated heterocycles. The highest BCUT2D eigenvalue weighted by atomic mass is 32.2. The highest BCUT2D eigenvalue weighted by molar-refractivity contribution is 7.88. The van der Waals surface area contributed by atoms with Crippen molar-refractivity contribution in [1.82, 2.24) is 4.31 Å². The Kier molecular flexibility index (Phi) is 6.43. The summed E-state index contributed by atoms with van der Waals surface area (Å²) in [5, 5.41) is 8.30. The number of unbranched alkanes of at least 4 members (excludes halogenated alkanes) is 2. The van der Waals surface area contributed by atoms with Gasteiger partial charge in [-0.3, -0.25) is 9.59 Å². The zero-order valence-electron chi connectivity index (χ0n) is 9.97. The maximum Gasteiger partial charge on any atom is 0.236 e. The topological polar surface area (TPSA) is 95.3 Å². The Hall–Kier alpha value is -1.42. The van der Waals surface area contributed by atoms with Gasteiger partial charge < -0.3 is 0 Å². The second-order valence-corrected chi connectivity index (χ2v) is 5.64. The molecule has 0 aromatic carbocycles. The van der Waals surface area contributed by atoms with Crippen molar-refractivity contribution in [1.29, 1.82) is 5.26 Å². The average Bonchev–Trinajstić information content (AvgIpc) is 2.19. The summed E-state index contributed by atoms with van der Waals surface area (Å²) >= 11 is 0. The van der Waals surface area contributed by atoms with Crippen molar-refractivity contribution >= 4 is 21.7 Å². The Balaban J connectivity index is 4.46. The fourth-order valence-corrected chi connectivity index (χ4v) is 2.08. The van der Waals surface area contributed by atoms with Gasteiger partial charge in [0.1, 0.15) is 5.78 Å². The van der Waals surface area contributed by atoms with Gasteiger partial charge in [0.2, 0.25) is 15.9 Å². The van der Waals surface area contributed by atoms with Gasteiger partial charge in [-0.15, -0.1) is 0 Å². The van der Waals surface area contributed by atoms with Crippen LogP contribution in [0.15, 0.2) is 0 Å². The van der Waals surface area contributed by atoms with E-state index >= 15 is 0 Å². The predicted molar refractivity (Wildman–Crippen MR) is 61.3 cm³/mol. The Labute approximate surface area is 101 Å². The third kappa shape index (κ3) is 6.68. The predicted octanol–water partition coefficient (Wildman–Crippen LogP) is 0.448. The third-order valence-corrected chi connectivity index (χ3v) is 3.11. The van der Waals surface area contributed by atoms with Crippen LogP contribution in [0.2, 0.25) is 0 Å². The van der Waals surface area contributed by atoms with Crippen molar-refractivity contribution < 1.29 is 18.0 Å². The number of hydrogen-bond acceptors (Lipinski definition) is 5. The zero-order valence-corrected chi connectivity index (χ0v) is 10.8. The normalized spacial score (nSPS) is 10.6. The van der Waals surface area contributed by atoms with Gasteiger partial charge >= 0.3 is 0 Å². The fraction of sp³-hybridized carbons (Fsp3) is 0.700. The molecule has 0 aromatic rings. The van der Waals surface area contributed by atoms with Crippen LogP contribution in [0, 0.1) is 11.3 Å². The molecule has 1 amide bonds. The molecule has 0 heterocycles. The molecule has 0 N–H and O–H groups in total. The van der Waals surface area contributed by atoms with E-state index in [1.54, 1.807) is 0 Å². The number of carbonyl (C=O) groups is 2. The lowest BCUT2D eigenvalue weighted by Gasteiger charge is -2.18. The Morgan fingerprint density at radius 2 is 1.88 bits per heavy atom. The van der Waals surface area contributed by atoms with Gasteiger partial charge in [0.15, 0.2) is 0 Å². The number of ketones is 1. The van der Waals surface area contributed by atoms with Crippen LogP contribution in [-0.4, -0.2) is 37.2 Å². The number of Topliss-reactive ketones (excluding diaryl/α,β-unsaturated/α-hetero) is 1. The standard InChI is InChI=1S/C10H16N2O4S/c1-9(13)8-12(17(2,15)16)10(14)6-4-3-5-7-11/h3-6,8H2,1-2H3. The molecule has 0 aliphatic carbocycles. The molecule has 0 saturated carbocycles. The summed E-state index contributed by atoms with van der Waals surface area (Å²) in [7, 11) is -3.70. The highest BCUT2D eigenvalue weighted by Crippen LogP contribution is 2.06. The summed E-state index contributed by atoms with van der Waals surface area (Å²) in [6.45, 7) is 0.803. The minimum atomic E-state index is -3.70. The smallest absolute Gasteiger partial charge is 0.236 e. The van der Waals surface area contributed by atoms with Crippen LogP contribution in [0.4, 0.5) is 0 Å². The van der Waals surface area contributed by atoms with E-state index in [1.165, 1.54) is 6.92 Å². The van der Waals surface area contributed by atoms with Crippen molar-refractivity contribution in [3.8, 4) is 6.07 Å². The van der Waals surface area contributed by atoms with Gasteiger partial charge in [-0.25, -0.2) is 12.7 Å². The molecular weight excluding hydrogens is 244 g/mol. The van der Waals surface area contributed by atoms with Crippen molar-refractivity contribution in [3.63, 3.8) is 0 Å². The van der Waals surface area contributed by atoms with Crippen molar-refractivity contribution in [2.45, 2.75) is 32.6 Å². The molecule has 96 valence electrons. The summed E-state index contributed by atoms with van der Waals surface area (Å²) in [6.07, 6.45) is 2.24. The van der Waals surface area contributed by atoms with Crippen LogP contribution in [0.1, 0.15) is 32.6 Å². The first-order valence-electron chi connectivity index (χ1n) is 5.16. The first kappa shape index (κ1) is 15.6. The summed E-state index contributed by atoms with van der Waals surface area (Å²) in [4.78, 5) is 22.5. The molecule has 0 bridgehead atoms. The van der Waals surface area contributed by atoms with E-state index in [2.05, 4.69) is 0 Å². The van der Waals surface area contributed by atoms with Crippen LogP contribution in [-0.2, 0) is 19.6 Å². The van der Waals surface area contributed by atoms with E-state index in [-0.39, 0.29) is 12.2 Å². The Bertz CT molecular complexity index is 422. The van der Waals surface area contributed by atoms with Gasteiger partial charge in [-0.05, 0) is 19.8 Å².